The van der Waals surface area contributed by atoms with Gasteiger partial charge in [-0.1, -0.05) is 15.9 Å². The third-order valence-electron chi connectivity index (χ3n) is 3.56. The van der Waals surface area contributed by atoms with Gasteiger partial charge in [-0.3, -0.25) is 9.59 Å². The predicted octanol–water partition coefficient (Wildman–Crippen LogP) is 2.65. The lowest BCUT2D eigenvalue weighted by atomic mass is 9.99. The summed E-state index contributed by atoms with van der Waals surface area (Å²) in [5, 5.41) is 0. The quantitative estimate of drug-likeness (QED) is 0.839. The molecule has 102 valence electrons. The molecule has 0 spiro atoms. The number of halogens is 1. The summed E-state index contributed by atoms with van der Waals surface area (Å²) in [7, 11) is 1.53. The van der Waals surface area contributed by atoms with Crippen molar-refractivity contribution in [2.24, 2.45) is 0 Å². The van der Waals surface area contributed by atoms with E-state index in [1.165, 1.54) is 7.11 Å². The number of carbonyl (C=O) groups excluding carboxylic acids is 2. The maximum Gasteiger partial charge on any atom is 0.258 e. The number of nitrogens with zero attached hydrogens (tertiary/aromatic N) is 1. The van der Waals surface area contributed by atoms with Crippen molar-refractivity contribution in [3.63, 3.8) is 0 Å². The van der Waals surface area contributed by atoms with Crippen molar-refractivity contribution in [2.75, 3.05) is 13.7 Å². The standard InChI is InChI=1S/C14H16BrNO3/c1-14(2)12(17)6-7-16(14)13(18)10-8-9(15)4-5-11(10)19-3/h4-5,8H,6-7H2,1-3H3. The van der Waals surface area contributed by atoms with Crippen LogP contribution in [0, 0.1) is 0 Å². The molecule has 1 aromatic carbocycles. The molecule has 1 saturated heterocycles. The molecular formula is C14H16BrNO3. The number of benzene rings is 1. The fraction of sp³-hybridized carbons (Fsp3) is 0.429. The van der Waals surface area contributed by atoms with Crippen LogP contribution < -0.4 is 4.74 Å². The molecule has 19 heavy (non-hydrogen) atoms. The molecule has 2 rings (SSSR count). The molecule has 0 aliphatic carbocycles. The molecule has 0 unspecified atom stereocenters. The molecule has 0 aromatic heterocycles. The van der Waals surface area contributed by atoms with Crippen LogP contribution in [-0.2, 0) is 4.79 Å². The van der Waals surface area contributed by atoms with Crippen LogP contribution in [0.5, 0.6) is 5.75 Å². The van der Waals surface area contributed by atoms with Crippen LogP contribution in [0.25, 0.3) is 0 Å². The van der Waals surface area contributed by atoms with Gasteiger partial charge in [-0.2, -0.15) is 0 Å². The number of likely N-dealkylation sites (tertiary alicyclic amines) is 1. The van der Waals surface area contributed by atoms with Gasteiger partial charge in [-0.15, -0.1) is 0 Å². The highest BCUT2D eigenvalue weighted by Gasteiger charge is 2.43. The van der Waals surface area contributed by atoms with Gasteiger partial charge in [0.1, 0.15) is 5.75 Å². The molecule has 1 heterocycles. The lowest BCUT2D eigenvalue weighted by Gasteiger charge is -2.30. The van der Waals surface area contributed by atoms with Crippen LogP contribution in [0.15, 0.2) is 22.7 Å². The maximum atomic E-state index is 12.6. The van der Waals surface area contributed by atoms with Gasteiger partial charge in [-0.05, 0) is 32.0 Å². The Morgan fingerprint density at radius 1 is 1.42 bits per heavy atom. The fourth-order valence-electron chi connectivity index (χ4n) is 2.30. The van der Waals surface area contributed by atoms with Gasteiger partial charge in [0.15, 0.2) is 5.78 Å². The first-order valence-corrected chi connectivity index (χ1v) is 6.86. The molecule has 1 fully saturated rings. The zero-order chi connectivity index (χ0) is 14.2. The number of methoxy groups -OCH3 is 1. The summed E-state index contributed by atoms with van der Waals surface area (Å²) in [4.78, 5) is 26.1. The van der Waals surface area contributed by atoms with Gasteiger partial charge < -0.3 is 9.64 Å². The number of ether oxygens (including phenoxy) is 1. The van der Waals surface area contributed by atoms with Gasteiger partial charge in [0, 0.05) is 17.4 Å². The van der Waals surface area contributed by atoms with E-state index in [0.717, 1.165) is 4.47 Å². The fourth-order valence-corrected chi connectivity index (χ4v) is 2.66. The summed E-state index contributed by atoms with van der Waals surface area (Å²) in [5.74, 6) is 0.437. The second-order valence-electron chi connectivity index (χ2n) is 5.03. The Kier molecular flexibility index (Phi) is 3.67. The molecule has 1 aliphatic heterocycles. The zero-order valence-electron chi connectivity index (χ0n) is 11.2. The molecular weight excluding hydrogens is 310 g/mol. The van der Waals surface area contributed by atoms with Crippen LogP contribution in [-0.4, -0.2) is 35.8 Å². The first kappa shape index (κ1) is 14.1. The van der Waals surface area contributed by atoms with Crippen molar-refractivity contribution in [3.8, 4) is 5.75 Å². The SMILES string of the molecule is COc1ccc(Br)cc1C(=O)N1CCC(=O)C1(C)C. The Morgan fingerprint density at radius 3 is 2.63 bits per heavy atom. The number of Topliss-reactive ketones (excluding diaryl/α,β-unsaturated/α-hetero) is 1. The highest BCUT2D eigenvalue weighted by molar-refractivity contribution is 9.10. The van der Waals surface area contributed by atoms with Crippen LogP contribution in [0.3, 0.4) is 0 Å². The molecule has 1 aliphatic rings. The summed E-state index contributed by atoms with van der Waals surface area (Å²) >= 11 is 3.35. The molecule has 0 N–H and O–H groups in total. The van der Waals surface area contributed by atoms with Crippen molar-refractivity contribution in [1.82, 2.24) is 4.90 Å². The van der Waals surface area contributed by atoms with E-state index in [-0.39, 0.29) is 11.7 Å². The largest absolute Gasteiger partial charge is 0.496 e. The van der Waals surface area contributed by atoms with E-state index in [0.29, 0.717) is 24.3 Å². The van der Waals surface area contributed by atoms with Crippen LogP contribution in [0.4, 0.5) is 0 Å². The van der Waals surface area contributed by atoms with Crippen LogP contribution in [0.2, 0.25) is 0 Å². The average molecular weight is 326 g/mol. The smallest absolute Gasteiger partial charge is 0.258 e. The minimum absolute atomic E-state index is 0.0924. The van der Waals surface area contributed by atoms with Crippen LogP contribution in [0.1, 0.15) is 30.6 Å². The summed E-state index contributed by atoms with van der Waals surface area (Å²) in [6.07, 6.45) is 0.412. The Morgan fingerprint density at radius 2 is 2.11 bits per heavy atom. The Labute approximate surface area is 120 Å². The molecule has 4 nitrogen and oxygen atoms in total. The van der Waals surface area contributed by atoms with Crippen molar-refractivity contribution in [1.29, 1.82) is 0 Å². The third kappa shape index (κ3) is 2.39. The number of amides is 1. The van der Waals surface area contributed by atoms with E-state index in [9.17, 15) is 9.59 Å². The van der Waals surface area contributed by atoms with Gasteiger partial charge >= 0.3 is 0 Å². The van der Waals surface area contributed by atoms with Gasteiger partial charge in [0.25, 0.3) is 5.91 Å². The second kappa shape index (κ2) is 4.96. The van der Waals surface area contributed by atoms with Gasteiger partial charge in [-0.25, -0.2) is 0 Å². The maximum absolute atomic E-state index is 12.6. The first-order chi connectivity index (χ1) is 8.87. The van der Waals surface area contributed by atoms with Gasteiger partial charge in [0.05, 0.1) is 18.2 Å². The van der Waals surface area contributed by atoms with Crippen molar-refractivity contribution in [2.45, 2.75) is 25.8 Å². The molecule has 0 atom stereocenters. The molecule has 1 amide bonds. The normalized spacial score (nSPS) is 17.7. The van der Waals surface area contributed by atoms with Crippen LogP contribution >= 0.6 is 15.9 Å². The molecule has 5 heteroatoms. The Hall–Kier alpha value is -1.36. The molecule has 0 radical (unpaired) electrons. The molecule has 0 bridgehead atoms. The zero-order valence-corrected chi connectivity index (χ0v) is 12.8. The van der Waals surface area contributed by atoms with E-state index in [1.807, 2.05) is 6.07 Å². The summed E-state index contributed by atoms with van der Waals surface area (Å²) in [5.41, 5.74) is -0.274. The number of carbonyl (C=O) groups is 2. The summed E-state index contributed by atoms with van der Waals surface area (Å²) < 4.78 is 6.03. The number of ketones is 1. The number of hydrogen-bond acceptors (Lipinski definition) is 3. The van der Waals surface area contributed by atoms with Gasteiger partial charge in [0.2, 0.25) is 0 Å². The minimum atomic E-state index is -0.746. The predicted molar refractivity (Wildman–Crippen MR) is 75.4 cm³/mol. The molecule has 0 saturated carbocycles. The van der Waals surface area contributed by atoms with Crippen molar-refractivity contribution >= 4 is 27.6 Å². The average Bonchev–Trinajstić information content (AvgIpc) is 2.63. The molecule has 1 aromatic rings. The Balaban J connectivity index is 2.40. The van der Waals surface area contributed by atoms with E-state index < -0.39 is 5.54 Å². The topological polar surface area (TPSA) is 46.6 Å². The summed E-state index contributed by atoms with van der Waals surface area (Å²) in [6.45, 7) is 4.02. The van der Waals surface area contributed by atoms with E-state index >= 15 is 0 Å². The monoisotopic (exact) mass is 325 g/mol. The van der Waals surface area contributed by atoms with Crippen molar-refractivity contribution in [3.05, 3.63) is 28.2 Å². The third-order valence-corrected chi connectivity index (χ3v) is 4.05. The summed E-state index contributed by atoms with van der Waals surface area (Å²) in [6, 6.07) is 5.28. The number of hydrogen-bond donors (Lipinski definition) is 0. The van der Waals surface area contributed by atoms with E-state index in [2.05, 4.69) is 15.9 Å². The van der Waals surface area contributed by atoms with E-state index in [1.54, 1.807) is 30.9 Å². The van der Waals surface area contributed by atoms with Crippen molar-refractivity contribution < 1.29 is 14.3 Å². The number of rotatable bonds is 2. The highest BCUT2D eigenvalue weighted by Crippen LogP contribution is 2.31. The lowest BCUT2D eigenvalue weighted by Crippen LogP contribution is -2.46. The first-order valence-electron chi connectivity index (χ1n) is 6.06. The van der Waals surface area contributed by atoms with E-state index in [4.69, 9.17) is 4.74 Å². The highest BCUT2D eigenvalue weighted by atomic mass is 79.9. The Bertz CT molecular complexity index is 539. The minimum Gasteiger partial charge on any atom is -0.496 e. The second-order valence-corrected chi connectivity index (χ2v) is 5.95. The lowest BCUT2D eigenvalue weighted by molar-refractivity contribution is -0.123.